The van der Waals surface area contributed by atoms with Crippen LogP contribution in [0.5, 0.6) is 11.5 Å². The van der Waals surface area contributed by atoms with Crippen LogP contribution in [0.15, 0.2) is 52.7 Å². The second-order valence-electron chi connectivity index (χ2n) is 3.92. The van der Waals surface area contributed by atoms with E-state index < -0.39 is 0 Å². The van der Waals surface area contributed by atoms with E-state index in [1.165, 1.54) is 19.1 Å². The van der Waals surface area contributed by atoms with E-state index in [1.807, 2.05) is 0 Å². The summed E-state index contributed by atoms with van der Waals surface area (Å²) in [5, 5.41) is 27.0. The third-order valence-corrected chi connectivity index (χ3v) is 2.53. The van der Waals surface area contributed by atoms with E-state index >= 15 is 0 Å². The smallest absolute Gasteiger partial charge is 0.162 e. The Kier molecular flexibility index (Phi) is 3.56. The number of azo groups is 1. The highest BCUT2D eigenvalue weighted by atomic mass is 16.3. The number of ketones is 1. The predicted octanol–water partition coefficient (Wildman–Crippen LogP) is 3.72. The number of Topliss-reactive ketones (excluding diaryl/α,β-unsaturated/α-hetero) is 1. The molecule has 0 aliphatic carbocycles. The number of nitrogens with zero attached hydrogens (tertiary/aromatic N) is 2. The molecule has 2 N–H and O–H groups in total. The van der Waals surface area contributed by atoms with Crippen molar-refractivity contribution in [1.82, 2.24) is 0 Å². The summed E-state index contributed by atoms with van der Waals surface area (Å²) in [7, 11) is 0. The van der Waals surface area contributed by atoms with E-state index in [2.05, 4.69) is 10.2 Å². The van der Waals surface area contributed by atoms with Crippen molar-refractivity contribution in [3.8, 4) is 11.5 Å². The summed E-state index contributed by atoms with van der Waals surface area (Å²) in [5.41, 5.74) is 0.637. The summed E-state index contributed by atoms with van der Waals surface area (Å²) in [5.74, 6) is -0.375. The minimum atomic E-state index is -0.220. The summed E-state index contributed by atoms with van der Waals surface area (Å²) >= 11 is 0. The molecule has 0 radical (unpaired) electrons. The lowest BCUT2D eigenvalue weighted by atomic mass is 10.1. The van der Waals surface area contributed by atoms with Crippen LogP contribution in [0.2, 0.25) is 0 Å². The molecule has 0 atom stereocenters. The van der Waals surface area contributed by atoms with Crippen molar-refractivity contribution < 1.29 is 15.0 Å². The van der Waals surface area contributed by atoms with Crippen molar-refractivity contribution in [2.24, 2.45) is 10.2 Å². The van der Waals surface area contributed by atoms with Crippen molar-refractivity contribution in [1.29, 1.82) is 0 Å². The van der Waals surface area contributed by atoms with Gasteiger partial charge in [-0.1, -0.05) is 18.2 Å². The number of carbonyl (C=O) groups excluding carboxylic acids is 1. The van der Waals surface area contributed by atoms with Crippen LogP contribution in [-0.2, 0) is 0 Å². The van der Waals surface area contributed by atoms with E-state index in [-0.39, 0.29) is 34.2 Å². The fourth-order valence-electron chi connectivity index (χ4n) is 1.57. The molecule has 19 heavy (non-hydrogen) atoms. The number of aromatic hydroxyl groups is 2. The normalized spacial score (nSPS) is 10.8. The maximum atomic E-state index is 11.4. The summed E-state index contributed by atoms with van der Waals surface area (Å²) in [6.07, 6.45) is 0. The quantitative estimate of drug-likeness (QED) is 0.648. The first-order chi connectivity index (χ1) is 9.09. The van der Waals surface area contributed by atoms with Gasteiger partial charge in [-0.15, -0.1) is 10.2 Å². The summed E-state index contributed by atoms with van der Waals surface area (Å²) in [6.45, 7) is 1.38. The Morgan fingerprint density at radius 2 is 1.63 bits per heavy atom. The number of phenols is 2. The maximum absolute atomic E-state index is 11.4. The Labute approximate surface area is 109 Å². The number of phenolic OH excluding ortho intramolecular Hbond substituents is 2. The standard InChI is InChI=1S/C14H12N2O3/c1-9(17)10-5-4-8-13(19)14(10)16-15-11-6-2-3-7-12(11)18/h2-8,18-19H,1H3. The highest BCUT2D eigenvalue weighted by Crippen LogP contribution is 2.33. The van der Waals surface area contributed by atoms with Crippen LogP contribution in [0.1, 0.15) is 17.3 Å². The first-order valence-electron chi connectivity index (χ1n) is 5.62. The molecule has 0 heterocycles. The van der Waals surface area contributed by atoms with Crippen LogP contribution in [0.25, 0.3) is 0 Å². The van der Waals surface area contributed by atoms with Gasteiger partial charge in [0.15, 0.2) is 5.78 Å². The van der Waals surface area contributed by atoms with Gasteiger partial charge in [-0.05, 0) is 31.2 Å². The highest BCUT2D eigenvalue weighted by Gasteiger charge is 2.11. The van der Waals surface area contributed by atoms with Gasteiger partial charge in [0.1, 0.15) is 22.9 Å². The van der Waals surface area contributed by atoms with Gasteiger partial charge in [-0.2, -0.15) is 0 Å². The summed E-state index contributed by atoms with van der Waals surface area (Å²) < 4.78 is 0. The first-order valence-corrected chi connectivity index (χ1v) is 5.62. The average molecular weight is 256 g/mol. The molecule has 2 aromatic rings. The van der Waals surface area contributed by atoms with Gasteiger partial charge in [0, 0.05) is 5.56 Å². The van der Waals surface area contributed by atoms with Crippen molar-refractivity contribution in [3.63, 3.8) is 0 Å². The fraction of sp³-hybridized carbons (Fsp3) is 0.0714. The van der Waals surface area contributed by atoms with Crippen LogP contribution in [-0.4, -0.2) is 16.0 Å². The zero-order chi connectivity index (χ0) is 13.8. The molecule has 0 saturated heterocycles. The molecule has 0 aromatic heterocycles. The van der Waals surface area contributed by atoms with Crippen molar-refractivity contribution >= 4 is 17.2 Å². The van der Waals surface area contributed by atoms with Gasteiger partial charge < -0.3 is 10.2 Å². The lowest BCUT2D eigenvalue weighted by Crippen LogP contribution is -1.91. The van der Waals surface area contributed by atoms with E-state index in [4.69, 9.17) is 0 Å². The number of para-hydroxylation sites is 1. The fourth-order valence-corrected chi connectivity index (χ4v) is 1.57. The Morgan fingerprint density at radius 1 is 0.947 bits per heavy atom. The summed E-state index contributed by atoms with van der Waals surface area (Å²) in [4.78, 5) is 11.4. The predicted molar refractivity (Wildman–Crippen MR) is 70.4 cm³/mol. The molecular weight excluding hydrogens is 244 g/mol. The number of carbonyl (C=O) groups is 1. The molecule has 0 saturated carbocycles. The molecule has 2 rings (SSSR count). The molecule has 96 valence electrons. The third kappa shape index (κ3) is 2.77. The SMILES string of the molecule is CC(=O)c1cccc(O)c1N=Nc1ccccc1O. The van der Waals surface area contributed by atoms with Crippen LogP contribution in [0, 0.1) is 0 Å². The largest absolute Gasteiger partial charge is 0.506 e. The second kappa shape index (κ2) is 5.30. The van der Waals surface area contributed by atoms with E-state index in [0.717, 1.165) is 0 Å². The summed E-state index contributed by atoms with van der Waals surface area (Å²) in [6, 6.07) is 11.0. The van der Waals surface area contributed by atoms with Crippen molar-refractivity contribution in [2.75, 3.05) is 0 Å². The Hall–Kier alpha value is -2.69. The van der Waals surface area contributed by atoms with Crippen molar-refractivity contribution in [2.45, 2.75) is 6.92 Å². The molecule has 0 unspecified atom stereocenters. The van der Waals surface area contributed by atoms with Gasteiger partial charge in [0.05, 0.1) is 0 Å². The van der Waals surface area contributed by atoms with Crippen molar-refractivity contribution in [3.05, 3.63) is 48.0 Å². The molecule has 5 nitrogen and oxygen atoms in total. The second-order valence-corrected chi connectivity index (χ2v) is 3.92. The maximum Gasteiger partial charge on any atom is 0.162 e. The molecule has 0 aliphatic rings. The monoisotopic (exact) mass is 256 g/mol. The number of hydrogen-bond acceptors (Lipinski definition) is 5. The Morgan fingerprint density at radius 3 is 2.32 bits per heavy atom. The Bertz CT molecular complexity index is 651. The average Bonchev–Trinajstić information content (AvgIpc) is 2.38. The highest BCUT2D eigenvalue weighted by molar-refractivity contribution is 5.99. The zero-order valence-electron chi connectivity index (χ0n) is 10.2. The van der Waals surface area contributed by atoms with E-state index in [0.29, 0.717) is 0 Å². The Balaban J connectivity index is 2.44. The van der Waals surface area contributed by atoms with Gasteiger partial charge in [0.2, 0.25) is 0 Å². The van der Waals surface area contributed by atoms with Gasteiger partial charge >= 0.3 is 0 Å². The molecule has 0 fully saturated rings. The minimum absolute atomic E-state index is 0.0222. The van der Waals surface area contributed by atoms with Crippen LogP contribution in [0.3, 0.4) is 0 Å². The zero-order valence-corrected chi connectivity index (χ0v) is 10.2. The third-order valence-electron chi connectivity index (χ3n) is 2.53. The molecule has 0 spiro atoms. The van der Waals surface area contributed by atoms with E-state index in [1.54, 1.807) is 30.3 Å². The van der Waals surface area contributed by atoms with E-state index in [9.17, 15) is 15.0 Å². The molecule has 0 amide bonds. The van der Waals surface area contributed by atoms with Gasteiger partial charge in [-0.3, -0.25) is 4.79 Å². The van der Waals surface area contributed by atoms with Crippen LogP contribution >= 0.6 is 0 Å². The lowest BCUT2D eigenvalue weighted by molar-refractivity contribution is 0.101. The topological polar surface area (TPSA) is 82.2 Å². The number of benzene rings is 2. The van der Waals surface area contributed by atoms with Gasteiger partial charge in [0.25, 0.3) is 0 Å². The number of rotatable bonds is 3. The molecule has 5 heteroatoms. The minimum Gasteiger partial charge on any atom is -0.506 e. The van der Waals surface area contributed by atoms with Crippen LogP contribution < -0.4 is 0 Å². The molecule has 2 aromatic carbocycles. The lowest BCUT2D eigenvalue weighted by Gasteiger charge is -2.03. The van der Waals surface area contributed by atoms with Gasteiger partial charge in [-0.25, -0.2) is 0 Å². The molecule has 0 bridgehead atoms. The molecule has 0 aliphatic heterocycles. The first kappa shape index (κ1) is 12.8. The molecular formula is C14H12N2O3. The van der Waals surface area contributed by atoms with Crippen LogP contribution in [0.4, 0.5) is 11.4 Å². The number of hydrogen-bond donors (Lipinski definition) is 2.